The summed E-state index contributed by atoms with van der Waals surface area (Å²) < 4.78 is 1.77. The maximum absolute atomic E-state index is 12.5. The van der Waals surface area contributed by atoms with Crippen LogP contribution in [-0.2, 0) is 6.54 Å². The molecule has 1 aromatic rings. The maximum atomic E-state index is 12.5. The molecule has 18 heavy (non-hydrogen) atoms. The van der Waals surface area contributed by atoms with Crippen molar-refractivity contribution in [2.45, 2.75) is 39.8 Å². The highest BCUT2D eigenvalue weighted by molar-refractivity contribution is 5.92. The number of hydrogen-bond donors (Lipinski definition) is 1. The van der Waals surface area contributed by atoms with Crippen LogP contribution in [0.2, 0.25) is 0 Å². The van der Waals surface area contributed by atoms with E-state index < -0.39 is 0 Å². The zero-order valence-electron chi connectivity index (χ0n) is 11.4. The number of aromatic nitrogens is 2. The Bertz CT molecular complexity index is 440. The van der Waals surface area contributed by atoms with Crippen LogP contribution in [0, 0.1) is 12.8 Å². The molecule has 1 amide bonds. The van der Waals surface area contributed by atoms with Crippen LogP contribution in [0.3, 0.4) is 0 Å². The van der Waals surface area contributed by atoms with Crippen LogP contribution in [0.15, 0.2) is 6.07 Å². The predicted octanol–water partition coefficient (Wildman–Crippen LogP) is 1.02. The fourth-order valence-electron chi connectivity index (χ4n) is 2.47. The molecule has 2 N–H and O–H groups in total. The van der Waals surface area contributed by atoms with Gasteiger partial charge in [0.25, 0.3) is 5.91 Å². The number of nitrogens with zero attached hydrogens (tertiary/aromatic N) is 3. The first kappa shape index (κ1) is 13.1. The van der Waals surface area contributed by atoms with Gasteiger partial charge in [0.15, 0.2) is 0 Å². The van der Waals surface area contributed by atoms with Crippen molar-refractivity contribution in [3.05, 3.63) is 17.5 Å². The zero-order chi connectivity index (χ0) is 13.3. The van der Waals surface area contributed by atoms with Crippen molar-refractivity contribution in [2.24, 2.45) is 11.7 Å². The molecule has 2 rings (SSSR count). The van der Waals surface area contributed by atoms with Gasteiger partial charge in [-0.1, -0.05) is 6.92 Å². The molecule has 0 aliphatic carbocycles. The highest BCUT2D eigenvalue weighted by atomic mass is 16.2. The molecule has 0 bridgehead atoms. The summed E-state index contributed by atoms with van der Waals surface area (Å²) in [6.45, 7) is 8.23. The Morgan fingerprint density at radius 3 is 2.94 bits per heavy atom. The lowest BCUT2D eigenvalue weighted by atomic mass is 9.94. The van der Waals surface area contributed by atoms with E-state index in [1.54, 1.807) is 4.68 Å². The number of piperidine rings is 1. The molecule has 1 saturated heterocycles. The molecule has 2 unspecified atom stereocenters. The van der Waals surface area contributed by atoms with Crippen molar-refractivity contribution in [3.8, 4) is 0 Å². The van der Waals surface area contributed by atoms with E-state index in [1.165, 1.54) is 0 Å². The predicted molar refractivity (Wildman–Crippen MR) is 70.3 cm³/mol. The topological polar surface area (TPSA) is 64.2 Å². The van der Waals surface area contributed by atoms with Crippen LogP contribution >= 0.6 is 0 Å². The van der Waals surface area contributed by atoms with E-state index in [0.717, 1.165) is 31.7 Å². The monoisotopic (exact) mass is 250 g/mol. The molecular formula is C13H22N4O. The molecule has 5 nitrogen and oxygen atoms in total. The van der Waals surface area contributed by atoms with Crippen LogP contribution in [-0.4, -0.2) is 39.7 Å². The first-order valence-electron chi connectivity index (χ1n) is 6.62. The molecule has 1 aliphatic rings. The van der Waals surface area contributed by atoms with Gasteiger partial charge in [-0.15, -0.1) is 0 Å². The summed E-state index contributed by atoms with van der Waals surface area (Å²) in [7, 11) is 0. The lowest BCUT2D eigenvalue weighted by Gasteiger charge is -2.35. The second-order valence-electron chi connectivity index (χ2n) is 5.17. The SMILES string of the molecule is CCn1nc(C)cc1C(=O)N1CCC(N)C(C)C1. The van der Waals surface area contributed by atoms with Gasteiger partial charge in [-0.05, 0) is 32.3 Å². The van der Waals surface area contributed by atoms with E-state index in [-0.39, 0.29) is 11.9 Å². The van der Waals surface area contributed by atoms with Crippen LogP contribution in [0.25, 0.3) is 0 Å². The van der Waals surface area contributed by atoms with E-state index in [9.17, 15) is 4.79 Å². The van der Waals surface area contributed by atoms with Gasteiger partial charge >= 0.3 is 0 Å². The Morgan fingerprint density at radius 2 is 2.33 bits per heavy atom. The molecule has 2 atom stereocenters. The lowest BCUT2D eigenvalue weighted by Crippen LogP contribution is -2.48. The molecule has 5 heteroatoms. The summed E-state index contributed by atoms with van der Waals surface area (Å²) >= 11 is 0. The number of likely N-dealkylation sites (tertiary alicyclic amines) is 1. The summed E-state index contributed by atoms with van der Waals surface area (Å²) in [5.41, 5.74) is 7.57. The smallest absolute Gasteiger partial charge is 0.272 e. The minimum Gasteiger partial charge on any atom is -0.337 e. The van der Waals surface area contributed by atoms with Gasteiger partial charge in [0.2, 0.25) is 0 Å². The third-order valence-electron chi connectivity index (χ3n) is 3.68. The van der Waals surface area contributed by atoms with Crippen LogP contribution in [0.4, 0.5) is 0 Å². The lowest BCUT2D eigenvalue weighted by molar-refractivity contribution is 0.0651. The number of nitrogens with two attached hydrogens (primary N) is 1. The third kappa shape index (κ3) is 2.41. The fraction of sp³-hybridized carbons (Fsp3) is 0.692. The van der Waals surface area contributed by atoms with E-state index in [4.69, 9.17) is 5.73 Å². The minimum atomic E-state index is 0.0798. The molecule has 0 saturated carbocycles. The van der Waals surface area contributed by atoms with Crippen molar-refractivity contribution >= 4 is 5.91 Å². The number of amides is 1. The summed E-state index contributed by atoms with van der Waals surface area (Å²) in [6, 6.07) is 2.08. The molecule has 1 aliphatic heterocycles. The quantitative estimate of drug-likeness (QED) is 0.852. The van der Waals surface area contributed by atoms with Crippen molar-refractivity contribution in [1.82, 2.24) is 14.7 Å². The van der Waals surface area contributed by atoms with Gasteiger partial charge < -0.3 is 10.6 Å². The Balaban J connectivity index is 2.16. The number of carbonyl (C=O) groups is 1. The Morgan fingerprint density at radius 1 is 1.61 bits per heavy atom. The molecule has 100 valence electrons. The van der Waals surface area contributed by atoms with Crippen molar-refractivity contribution in [2.75, 3.05) is 13.1 Å². The van der Waals surface area contributed by atoms with Gasteiger partial charge in [0.05, 0.1) is 5.69 Å². The zero-order valence-corrected chi connectivity index (χ0v) is 11.4. The molecule has 0 spiro atoms. The highest BCUT2D eigenvalue weighted by Gasteiger charge is 2.28. The second kappa shape index (κ2) is 5.10. The molecule has 1 aromatic heterocycles. The fourth-order valence-corrected chi connectivity index (χ4v) is 2.47. The third-order valence-corrected chi connectivity index (χ3v) is 3.68. The number of hydrogen-bond acceptors (Lipinski definition) is 3. The molecule has 0 radical (unpaired) electrons. The summed E-state index contributed by atoms with van der Waals surface area (Å²) in [4.78, 5) is 14.4. The van der Waals surface area contributed by atoms with E-state index >= 15 is 0 Å². The average Bonchev–Trinajstić information content (AvgIpc) is 2.73. The van der Waals surface area contributed by atoms with Gasteiger partial charge in [0, 0.05) is 25.7 Å². The van der Waals surface area contributed by atoms with Crippen molar-refractivity contribution in [3.63, 3.8) is 0 Å². The van der Waals surface area contributed by atoms with E-state index in [0.29, 0.717) is 11.6 Å². The number of aryl methyl sites for hydroxylation is 2. The van der Waals surface area contributed by atoms with Gasteiger partial charge in [-0.3, -0.25) is 9.48 Å². The standard InChI is InChI=1S/C13H22N4O/c1-4-17-12(7-10(3)15-17)13(18)16-6-5-11(14)9(2)8-16/h7,9,11H,4-6,8,14H2,1-3H3. The Kier molecular flexibility index (Phi) is 3.71. The molecule has 1 fully saturated rings. The molecule has 0 aromatic carbocycles. The summed E-state index contributed by atoms with van der Waals surface area (Å²) in [5, 5.41) is 4.32. The largest absolute Gasteiger partial charge is 0.337 e. The Labute approximate surface area is 108 Å². The van der Waals surface area contributed by atoms with Gasteiger partial charge in [-0.25, -0.2) is 0 Å². The highest BCUT2D eigenvalue weighted by Crippen LogP contribution is 2.17. The van der Waals surface area contributed by atoms with Crippen LogP contribution in [0.1, 0.15) is 36.5 Å². The van der Waals surface area contributed by atoms with Crippen LogP contribution in [0.5, 0.6) is 0 Å². The minimum absolute atomic E-state index is 0.0798. The van der Waals surface area contributed by atoms with Crippen LogP contribution < -0.4 is 5.73 Å². The maximum Gasteiger partial charge on any atom is 0.272 e. The second-order valence-corrected chi connectivity index (χ2v) is 5.17. The molecule has 2 heterocycles. The van der Waals surface area contributed by atoms with Crippen molar-refractivity contribution in [1.29, 1.82) is 0 Å². The van der Waals surface area contributed by atoms with E-state index in [2.05, 4.69) is 12.0 Å². The van der Waals surface area contributed by atoms with Crippen molar-refractivity contribution < 1.29 is 4.79 Å². The summed E-state index contributed by atoms with van der Waals surface area (Å²) in [5.74, 6) is 0.443. The molecular weight excluding hydrogens is 228 g/mol. The normalized spacial score (nSPS) is 24.3. The van der Waals surface area contributed by atoms with Gasteiger partial charge in [-0.2, -0.15) is 5.10 Å². The first-order valence-corrected chi connectivity index (χ1v) is 6.62. The number of rotatable bonds is 2. The average molecular weight is 250 g/mol. The summed E-state index contributed by atoms with van der Waals surface area (Å²) in [6.07, 6.45) is 0.881. The van der Waals surface area contributed by atoms with Gasteiger partial charge in [0.1, 0.15) is 5.69 Å². The van der Waals surface area contributed by atoms with E-state index in [1.807, 2.05) is 24.8 Å². The number of carbonyl (C=O) groups excluding carboxylic acids is 1. The Hall–Kier alpha value is -1.36. The first-order chi connectivity index (χ1) is 8.52.